The van der Waals surface area contributed by atoms with Crippen LogP contribution in [0.4, 0.5) is 0 Å². The highest BCUT2D eigenvalue weighted by Gasteiger charge is 2.30. The highest BCUT2D eigenvalue weighted by Crippen LogP contribution is 2.37. The molecule has 0 aromatic rings. The first kappa shape index (κ1) is 17.1. The molecule has 3 heteroatoms. The van der Waals surface area contributed by atoms with Gasteiger partial charge in [-0.15, -0.1) is 0 Å². The molecule has 0 heterocycles. The van der Waals surface area contributed by atoms with Crippen LogP contribution in [0.5, 0.6) is 0 Å². The van der Waals surface area contributed by atoms with Crippen molar-refractivity contribution in [1.82, 2.24) is 0 Å². The van der Waals surface area contributed by atoms with Crippen LogP contribution in [0.3, 0.4) is 0 Å². The van der Waals surface area contributed by atoms with Gasteiger partial charge in [0.25, 0.3) is 0 Å². The topological polar surface area (TPSA) is 35.5 Å². The lowest BCUT2D eigenvalue weighted by Gasteiger charge is -2.32. The average molecular weight is 282 g/mol. The van der Waals surface area contributed by atoms with E-state index in [-0.39, 0.29) is 12.1 Å². The lowest BCUT2D eigenvalue weighted by atomic mass is 9.80. The van der Waals surface area contributed by atoms with Gasteiger partial charge in [-0.3, -0.25) is 4.79 Å². The summed E-state index contributed by atoms with van der Waals surface area (Å²) in [5.74, 6) is 2.31. The Morgan fingerprint density at radius 2 is 1.70 bits per heavy atom. The van der Waals surface area contributed by atoms with Gasteiger partial charge in [0.15, 0.2) is 0 Å². The first-order valence-corrected chi connectivity index (χ1v) is 7.81. The molecule has 1 rings (SSSR count). The minimum absolute atomic E-state index is 0.0528. The van der Waals surface area contributed by atoms with Gasteiger partial charge < -0.3 is 9.47 Å². The molecule has 0 aromatic heterocycles. The number of hydrogen-bond acceptors (Lipinski definition) is 3. The fourth-order valence-electron chi connectivity index (χ4n) is 3.48. The maximum Gasteiger partial charge on any atom is 0.302 e. The Labute approximate surface area is 123 Å². The molecule has 1 fully saturated rings. The number of carbonyl (C=O) groups excluding carboxylic acids is 1. The Morgan fingerprint density at radius 1 is 1.10 bits per heavy atom. The fourth-order valence-corrected chi connectivity index (χ4v) is 3.48. The Balaban J connectivity index is 2.93. The third kappa shape index (κ3) is 4.53. The van der Waals surface area contributed by atoms with E-state index < -0.39 is 0 Å². The molecule has 0 aromatic carbocycles. The van der Waals surface area contributed by atoms with Gasteiger partial charge in [-0.25, -0.2) is 0 Å². The number of esters is 1. The van der Waals surface area contributed by atoms with Crippen molar-refractivity contribution in [3.05, 3.63) is 11.3 Å². The molecule has 20 heavy (non-hydrogen) atoms. The van der Waals surface area contributed by atoms with Gasteiger partial charge >= 0.3 is 5.97 Å². The molecule has 0 aliphatic heterocycles. The average Bonchev–Trinajstić information content (AvgIpc) is 2.34. The van der Waals surface area contributed by atoms with Gasteiger partial charge in [0.05, 0.1) is 12.9 Å². The molecule has 0 amide bonds. The Bertz CT molecular complexity index is 345. The van der Waals surface area contributed by atoms with Crippen LogP contribution in [0.25, 0.3) is 0 Å². The van der Waals surface area contributed by atoms with E-state index >= 15 is 0 Å². The summed E-state index contributed by atoms with van der Waals surface area (Å²) >= 11 is 0. The molecule has 1 aliphatic rings. The van der Waals surface area contributed by atoms with Crippen molar-refractivity contribution in [2.45, 2.75) is 66.4 Å². The van der Waals surface area contributed by atoms with Crippen molar-refractivity contribution in [3.8, 4) is 0 Å². The van der Waals surface area contributed by atoms with Crippen LogP contribution in [0, 0.1) is 17.8 Å². The highest BCUT2D eigenvalue weighted by molar-refractivity contribution is 5.66. The van der Waals surface area contributed by atoms with Crippen molar-refractivity contribution in [2.24, 2.45) is 17.8 Å². The summed E-state index contributed by atoms with van der Waals surface area (Å²) in [6.07, 6.45) is 4.15. The molecule has 0 spiro atoms. The van der Waals surface area contributed by atoms with Crippen molar-refractivity contribution >= 4 is 5.97 Å². The maximum absolute atomic E-state index is 11.1. The molecule has 116 valence electrons. The molecule has 2 unspecified atom stereocenters. The number of methoxy groups -OCH3 is 1. The number of carbonyl (C=O) groups is 1. The van der Waals surface area contributed by atoms with E-state index in [0.29, 0.717) is 17.8 Å². The van der Waals surface area contributed by atoms with E-state index in [1.807, 2.05) is 0 Å². The first-order valence-electron chi connectivity index (χ1n) is 7.81. The van der Waals surface area contributed by atoms with E-state index in [9.17, 15) is 4.79 Å². The summed E-state index contributed by atoms with van der Waals surface area (Å²) in [6.45, 7) is 10.4. The largest absolute Gasteiger partial charge is 0.501 e. The first-order chi connectivity index (χ1) is 9.36. The zero-order valence-electron chi connectivity index (χ0n) is 13.9. The van der Waals surface area contributed by atoms with Crippen LogP contribution in [-0.2, 0) is 14.3 Å². The van der Waals surface area contributed by atoms with E-state index in [1.54, 1.807) is 7.11 Å². The van der Waals surface area contributed by atoms with E-state index in [2.05, 4.69) is 27.7 Å². The van der Waals surface area contributed by atoms with Crippen LogP contribution in [-0.4, -0.2) is 19.2 Å². The van der Waals surface area contributed by atoms with Crippen molar-refractivity contribution in [1.29, 1.82) is 0 Å². The van der Waals surface area contributed by atoms with Gasteiger partial charge in [-0.05, 0) is 43.1 Å². The summed E-state index contributed by atoms with van der Waals surface area (Å²) < 4.78 is 11.2. The molecule has 2 atom stereocenters. The second kappa shape index (κ2) is 7.70. The monoisotopic (exact) mass is 282 g/mol. The zero-order chi connectivity index (χ0) is 15.3. The summed E-state index contributed by atoms with van der Waals surface area (Å²) in [7, 11) is 1.77. The maximum atomic E-state index is 11.1. The number of hydrogen-bond donors (Lipinski definition) is 0. The Morgan fingerprint density at radius 3 is 2.15 bits per heavy atom. The molecule has 0 radical (unpaired) electrons. The van der Waals surface area contributed by atoms with Crippen LogP contribution >= 0.6 is 0 Å². The second-order valence-corrected chi connectivity index (χ2v) is 6.43. The standard InChI is InChI=1S/C17H30O3/c1-11(2)16(12(3)4)17(19-6)14-8-7-9-15(10-14)20-13(5)18/h11-12,14-15H,7-10H2,1-6H3. The van der Waals surface area contributed by atoms with Gasteiger partial charge in [-0.1, -0.05) is 27.7 Å². The highest BCUT2D eigenvalue weighted by atomic mass is 16.5. The minimum Gasteiger partial charge on any atom is -0.501 e. The molecule has 1 aliphatic carbocycles. The van der Waals surface area contributed by atoms with Gasteiger partial charge in [0.2, 0.25) is 0 Å². The molecule has 3 nitrogen and oxygen atoms in total. The predicted octanol–water partition coefficient (Wildman–Crippen LogP) is 4.32. The molecule has 0 N–H and O–H groups in total. The third-order valence-corrected chi connectivity index (χ3v) is 4.08. The van der Waals surface area contributed by atoms with Crippen LogP contribution in [0.15, 0.2) is 11.3 Å². The van der Waals surface area contributed by atoms with E-state index in [0.717, 1.165) is 31.4 Å². The zero-order valence-corrected chi connectivity index (χ0v) is 13.9. The van der Waals surface area contributed by atoms with Gasteiger partial charge in [-0.2, -0.15) is 0 Å². The molecule has 1 saturated carbocycles. The lowest BCUT2D eigenvalue weighted by molar-refractivity contribution is -0.148. The number of allylic oxidation sites excluding steroid dienone is 2. The van der Waals surface area contributed by atoms with E-state index in [1.165, 1.54) is 12.5 Å². The summed E-state index contributed by atoms with van der Waals surface area (Å²) in [5.41, 5.74) is 1.40. The molecular weight excluding hydrogens is 252 g/mol. The smallest absolute Gasteiger partial charge is 0.302 e. The van der Waals surface area contributed by atoms with Crippen LogP contribution < -0.4 is 0 Å². The Kier molecular flexibility index (Phi) is 6.57. The lowest BCUT2D eigenvalue weighted by Crippen LogP contribution is -2.27. The van der Waals surface area contributed by atoms with Crippen molar-refractivity contribution in [2.75, 3.05) is 7.11 Å². The fraction of sp³-hybridized carbons (Fsp3) is 0.824. The second-order valence-electron chi connectivity index (χ2n) is 6.43. The molecular formula is C17H30O3. The van der Waals surface area contributed by atoms with E-state index in [4.69, 9.17) is 9.47 Å². The van der Waals surface area contributed by atoms with Gasteiger partial charge in [0.1, 0.15) is 6.10 Å². The summed E-state index contributed by atoms with van der Waals surface area (Å²) in [6, 6.07) is 0. The third-order valence-electron chi connectivity index (χ3n) is 4.08. The van der Waals surface area contributed by atoms with Crippen molar-refractivity contribution < 1.29 is 14.3 Å². The number of rotatable bonds is 5. The molecule has 0 bridgehead atoms. The summed E-state index contributed by atoms with van der Waals surface area (Å²) in [4.78, 5) is 11.1. The number of ether oxygens (including phenoxy) is 2. The summed E-state index contributed by atoms with van der Waals surface area (Å²) in [5, 5.41) is 0. The van der Waals surface area contributed by atoms with Crippen molar-refractivity contribution in [3.63, 3.8) is 0 Å². The Hall–Kier alpha value is -0.990. The van der Waals surface area contributed by atoms with Crippen LogP contribution in [0.1, 0.15) is 60.3 Å². The minimum atomic E-state index is -0.175. The molecule has 0 saturated heterocycles. The SMILES string of the molecule is COC(=C(C(C)C)C(C)C)C1CCCC(OC(C)=O)C1. The quantitative estimate of drug-likeness (QED) is 0.556. The van der Waals surface area contributed by atoms with Crippen LogP contribution in [0.2, 0.25) is 0 Å². The predicted molar refractivity (Wildman–Crippen MR) is 81.2 cm³/mol. The van der Waals surface area contributed by atoms with Gasteiger partial charge in [0, 0.05) is 12.8 Å². The normalized spacial score (nSPS) is 22.8.